The first-order valence-corrected chi connectivity index (χ1v) is 6.82. The quantitative estimate of drug-likeness (QED) is 0.639. The SMILES string of the molecule is Cc1nc(-c2ccc(C)c(Cl)c2)c(-c2ccccc2)o1. The Morgan fingerprint density at radius 1 is 0.950 bits per heavy atom. The third kappa shape index (κ3) is 2.35. The van der Waals surface area contributed by atoms with Gasteiger partial charge in [0.25, 0.3) is 0 Å². The third-order valence-corrected chi connectivity index (χ3v) is 3.62. The highest BCUT2D eigenvalue weighted by atomic mass is 35.5. The molecule has 20 heavy (non-hydrogen) atoms. The number of halogens is 1. The molecule has 1 aromatic heterocycles. The molecular weight excluding hydrogens is 270 g/mol. The normalized spacial score (nSPS) is 10.8. The van der Waals surface area contributed by atoms with E-state index < -0.39 is 0 Å². The zero-order chi connectivity index (χ0) is 14.1. The van der Waals surface area contributed by atoms with E-state index in [2.05, 4.69) is 4.98 Å². The molecule has 0 fully saturated rings. The van der Waals surface area contributed by atoms with Gasteiger partial charge in [-0.3, -0.25) is 0 Å². The fourth-order valence-corrected chi connectivity index (χ4v) is 2.33. The topological polar surface area (TPSA) is 26.0 Å². The summed E-state index contributed by atoms with van der Waals surface area (Å²) < 4.78 is 5.77. The van der Waals surface area contributed by atoms with Gasteiger partial charge in [-0.25, -0.2) is 4.98 Å². The summed E-state index contributed by atoms with van der Waals surface area (Å²) in [5.41, 5.74) is 3.86. The molecule has 0 aliphatic heterocycles. The van der Waals surface area contributed by atoms with Crippen LogP contribution in [0.3, 0.4) is 0 Å². The molecule has 2 nitrogen and oxygen atoms in total. The van der Waals surface area contributed by atoms with Gasteiger partial charge >= 0.3 is 0 Å². The third-order valence-electron chi connectivity index (χ3n) is 3.22. The van der Waals surface area contributed by atoms with Gasteiger partial charge in [-0.1, -0.05) is 54.1 Å². The Labute approximate surface area is 123 Å². The van der Waals surface area contributed by atoms with Crippen LogP contribution in [0.2, 0.25) is 5.02 Å². The van der Waals surface area contributed by atoms with Gasteiger partial charge in [0, 0.05) is 23.1 Å². The maximum Gasteiger partial charge on any atom is 0.192 e. The van der Waals surface area contributed by atoms with Crippen molar-refractivity contribution in [3.05, 3.63) is 65.0 Å². The van der Waals surface area contributed by atoms with Gasteiger partial charge < -0.3 is 4.42 Å². The van der Waals surface area contributed by atoms with Crippen molar-refractivity contribution in [3.8, 4) is 22.6 Å². The van der Waals surface area contributed by atoms with Crippen molar-refractivity contribution in [1.29, 1.82) is 0 Å². The molecule has 0 unspecified atom stereocenters. The smallest absolute Gasteiger partial charge is 0.192 e. The Kier molecular flexibility index (Phi) is 3.33. The molecule has 3 rings (SSSR count). The Bertz CT molecular complexity index is 747. The van der Waals surface area contributed by atoms with E-state index in [0.29, 0.717) is 5.89 Å². The summed E-state index contributed by atoms with van der Waals surface area (Å²) in [5, 5.41) is 0.738. The summed E-state index contributed by atoms with van der Waals surface area (Å²) in [5.74, 6) is 1.43. The Morgan fingerprint density at radius 3 is 2.40 bits per heavy atom. The number of nitrogens with zero attached hydrogens (tertiary/aromatic N) is 1. The number of hydrogen-bond acceptors (Lipinski definition) is 2. The van der Waals surface area contributed by atoms with Crippen LogP contribution in [0.5, 0.6) is 0 Å². The first-order valence-electron chi connectivity index (χ1n) is 6.44. The highest BCUT2D eigenvalue weighted by Gasteiger charge is 2.15. The monoisotopic (exact) mass is 283 g/mol. The average Bonchev–Trinajstić information content (AvgIpc) is 2.85. The van der Waals surface area contributed by atoms with Crippen molar-refractivity contribution in [2.75, 3.05) is 0 Å². The summed E-state index contributed by atoms with van der Waals surface area (Å²) in [7, 11) is 0. The fraction of sp³-hybridized carbons (Fsp3) is 0.118. The summed E-state index contributed by atoms with van der Waals surface area (Å²) in [6.45, 7) is 3.84. The Morgan fingerprint density at radius 2 is 1.70 bits per heavy atom. The van der Waals surface area contributed by atoms with E-state index in [1.165, 1.54) is 0 Å². The van der Waals surface area contributed by atoms with Gasteiger partial charge in [-0.15, -0.1) is 0 Å². The molecule has 3 aromatic rings. The molecule has 0 saturated heterocycles. The molecule has 0 atom stereocenters. The minimum Gasteiger partial charge on any atom is -0.440 e. The van der Waals surface area contributed by atoms with Gasteiger partial charge in [0.05, 0.1) is 0 Å². The van der Waals surface area contributed by atoms with Crippen LogP contribution in [-0.2, 0) is 0 Å². The van der Waals surface area contributed by atoms with E-state index >= 15 is 0 Å². The number of oxazole rings is 1. The lowest BCUT2D eigenvalue weighted by molar-refractivity contribution is 0.534. The minimum absolute atomic E-state index is 0.649. The number of benzene rings is 2. The molecule has 0 aliphatic carbocycles. The summed E-state index contributed by atoms with van der Waals surface area (Å²) in [6, 6.07) is 15.9. The first-order chi connectivity index (χ1) is 9.65. The highest BCUT2D eigenvalue weighted by Crippen LogP contribution is 2.34. The van der Waals surface area contributed by atoms with E-state index in [1.54, 1.807) is 0 Å². The van der Waals surface area contributed by atoms with Gasteiger partial charge in [-0.05, 0) is 18.6 Å². The number of hydrogen-bond donors (Lipinski definition) is 0. The second kappa shape index (κ2) is 5.14. The number of aryl methyl sites for hydroxylation is 2. The van der Waals surface area contributed by atoms with Crippen molar-refractivity contribution in [3.63, 3.8) is 0 Å². The van der Waals surface area contributed by atoms with Crippen molar-refractivity contribution in [2.24, 2.45) is 0 Å². The van der Waals surface area contributed by atoms with Crippen LogP contribution in [0, 0.1) is 13.8 Å². The second-order valence-electron chi connectivity index (χ2n) is 4.74. The van der Waals surface area contributed by atoms with E-state index in [0.717, 1.165) is 33.2 Å². The maximum atomic E-state index is 6.21. The van der Waals surface area contributed by atoms with E-state index in [1.807, 2.05) is 62.4 Å². The predicted octanol–water partition coefficient (Wildman–Crippen LogP) is 5.28. The summed E-state index contributed by atoms with van der Waals surface area (Å²) in [6.07, 6.45) is 0. The van der Waals surface area contributed by atoms with Crippen LogP contribution in [-0.4, -0.2) is 4.98 Å². The molecule has 100 valence electrons. The van der Waals surface area contributed by atoms with Crippen molar-refractivity contribution >= 4 is 11.6 Å². The maximum absolute atomic E-state index is 6.21. The Hall–Kier alpha value is -2.06. The molecule has 0 radical (unpaired) electrons. The van der Waals surface area contributed by atoms with Crippen molar-refractivity contribution < 1.29 is 4.42 Å². The van der Waals surface area contributed by atoms with Crippen molar-refractivity contribution in [2.45, 2.75) is 13.8 Å². The lowest BCUT2D eigenvalue weighted by Crippen LogP contribution is -1.84. The predicted molar refractivity (Wildman–Crippen MR) is 81.9 cm³/mol. The van der Waals surface area contributed by atoms with Crippen LogP contribution >= 0.6 is 11.6 Å². The molecule has 0 spiro atoms. The molecule has 1 heterocycles. The molecule has 3 heteroatoms. The Balaban J connectivity index is 2.17. The van der Waals surface area contributed by atoms with Crippen LogP contribution in [0.15, 0.2) is 52.9 Å². The summed E-state index contributed by atoms with van der Waals surface area (Å²) in [4.78, 5) is 4.50. The van der Waals surface area contributed by atoms with Gasteiger partial charge in [0.1, 0.15) is 5.69 Å². The lowest BCUT2D eigenvalue weighted by Gasteiger charge is -2.04. The van der Waals surface area contributed by atoms with Crippen LogP contribution in [0.1, 0.15) is 11.5 Å². The van der Waals surface area contributed by atoms with E-state index in [-0.39, 0.29) is 0 Å². The molecule has 0 N–H and O–H groups in total. The second-order valence-corrected chi connectivity index (χ2v) is 5.15. The van der Waals surface area contributed by atoms with Gasteiger partial charge in [0.2, 0.25) is 0 Å². The largest absolute Gasteiger partial charge is 0.440 e. The zero-order valence-electron chi connectivity index (χ0n) is 11.4. The standard InChI is InChI=1S/C17H14ClNO/c1-11-8-9-14(10-15(11)18)16-17(20-12(2)19-16)13-6-4-3-5-7-13/h3-10H,1-2H3. The zero-order valence-corrected chi connectivity index (χ0v) is 12.1. The first kappa shape index (κ1) is 12.9. The fourth-order valence-electron chi connectivity index (χ4n) is 2.15. The van der Waals surface area contributed by atoms with Crippen LogP contribution in [0.25, 0.3) is 22.6 Å². The summed E-state index contributed by atoms with van der Waals surface area (Å²) >= 11 is 6.21. The van der Waals surface area contributed by atoms with Gasteiger partial charge in [0.15, 0.2) is 11.7 Å². The van der Waals surface area contributed by atoms with E-state index in [9.17, 15) is 0 Å². The number of aromatic nitrogens is 1. The van der Waals surface area contributed by atoms with Crippen LogP contribution in [0.4, 0.5) is 0 Å². The van der Waals surface area contributed by atoms with E-state index in [4.69, 9.17) is 16.0 Å². The minimum atomic E-state index is 0.649. The molecule has 0 saturated carbocycles. The van der Waals surface area contributed by atoms with Crippen LogP contribution < -0.4 is 0 Å². The molecule has 2 aromatic carbocycles. The number of rotatable bonds is 2. The molecule has 0 amide bonds. The lowest BCUT2D eigenvalue weighted by atomic mass is 10.0. The van der Waals surface area contributed by atoms with Gasteiger partial charge in [-0.2, -0.15) is 0 Å². The van der Waals surface area contributed by atoms with Crippen molar-refractivity contribution in [1.82, 2.24) is 4.98 Å². The molecule has 0 aliphatic rings. The molecule has 0 bridgehead atoms. The molecular formula is C17H14ClNO. The highest BCUT2D eigenvalue weighted by molar-refractivity contribution is 6.31. The average molecular weight is 284 g/mol.